The van der Waals surface area contributed by atoms with Gasteiger partial charge in [0.2, 0.25) is 0 Å². The minimum atomic E-state index is -0.501. The van der Waals surface area contributed by atoms with Crippen LogP contribution in [0.4, 0.5) is 10.1 Å². The number of hydrogen-bond donors (Lipinski definition) is 2. The van der Waals surface area contributed by atoms with E-state index in [2.05, 4.69) is 15.5 Å². The molecular weight excluding hydrogens is 327 g/mol. The van der Waals surface area contributed by atoms with Gasteiger partial charge in [-0.3, -0.25) is 20.0 Å². The standard InChI is InChI=1S/C17H13FN4O3/c18-15-4-2-1-3-12(15)9-19-17(23)14-10-20-21-16(14)11-5-7-13(8-6-11)22(24)25/h1-8,10H,9H2,(H,19,23)(H,20,21). The van der Waals surface area contributed by atoms with Crippen molar-refractivity contribution in [2.75, 3.05) is 0 Å². The maximum absolute atomic E-state index is 13.6. The third kappa shape index (κ3) is 3.52. The zero-order chi connectivity index (χ0) is 17.8. The number of carbonyl (C=O) groups excluding carboxylic acids is 1. The van der Waals surface area contributed by atoms with E-state index in [4.69, 9.17) is 0 Å². The molecule has 1 aromatic heterocycles. The number of H-pyrrole nitrogens is 1. The fraction of sp³-hybridized carbons (Fsp3) is 0.0588. The Labute approximate surface area is 141 Å². The number of nitrogens with one attached hydrogen (secondary N) is 2. The molecule has 0 aliphatic carbocycles. The number of nitro benzene ring substituents is 1. The van der Waals surface area contributed by atoms with Crippen LogP contribution in [-0.4, -0.2) is 21.0 Å². The van der Waals surface area contributed by atoms with Gasteiger partial charge in [0.1, 0.15) is 5.82 Å². The minimum absolute atomic E-state index is 0.0381. The molecule has 7 nitrogen and oxygen atoms in total. The highest BCUT2D eigenvalue weighted by atomic mass is 19.1. The molecule has 0 bridgehead atoms. The molecule has 2 aromatic carbocycles. The molecule has 3 rings (SSSR count). The maximum atomic E-state index is 13.6. The van der Waals surface area contributed by atoms with Crippen molar-refractivity contribution in [3.63, 3.8) is 0 Å². The van der Waals surface area contributed by atoms with Crippen LogP contribution < -0.4 is 5.32 Å². The summed E-state index contributed by atoms with van der Waals surface area (Å²) in [6.45, 7) is 0.0381. The number of rotatable bonds is 5. The molecule has 0 saturated carbocycles. The molecule has 0 spiro atoms. The van der Waals surface area contributed by atoms with Gasteiger partial charge in [0, 0.05) is 29.8 Å². The van der Waals surface area contributed by atoms with E-state index >= 15 is 0 Å². The summed E-state index contributed by atoms with van der Waals surface area (Å²) in [5, 5.41) is 19.9. The van der Waals surface area contributed by atoms with Crippen molar-refractivity contribution in [2.45, 2.75) is 6.54 Å². The SMILES string of the molecule is O=C(NCc1ccccc1F)c1cn[nH]c1-c1ccc([N+](=O)[O-])cc1. The lowest BCUT2D eigenvalue weighted by Crippen LogP contribution is -2.23. The van der Waals surface area contributed by atoms with E-state index in [1.54, 1.807) is 18.2 Å². The molecule has 8 heteroatoms. The van der Waals surface area contributed by atoms with Crippen LogP contribution >= 0.6 is 0 Å². The van der Waals surface area contributed by atoms with Crippen LogP contribution in [-0.2, 0) is 6.54 Å². The molecule has 25 heavy (non-hydrogen) atoms. The first-order valence-corrected chi connectivity index (χ1v) is 7.36. The van der Waals surface area contributed by atoms with Crippen molar-refractivity contribution >= 4 is 11.6 Å². The second kappa shape index (κ2) is 6.91. The maximum Gasteiger partial charge on any atom is 0.269 e. The Morgan fingerprint density at radius 1 is 1.20 bits per heavy atom. The van der Waals surface area contributed by atoms with Crippen molar-refractivity contribution in [1.82, 2.24) is 15.5 Å². The number of carbonyl (C=O) groups is 1. The van der Waals surface area contributed by atoms with E-state index in [1.165, 1.54) is 36.5 Å². The van der Waals surface area contributed by atoms with E-state index < -0.39 is 16.6 Å². The fourth-order valence-corrected chi connectivity index (χ4v) is 2.34. The number of nitrogens with zero attached hydrogens (tertiary/aromatic N) is 2. The predicted molar refractivity (Wildman–Crippen MR) is 88.2 cm³/mol. The summed E-state index contributed by atoms with van der Waals surface area (Å²) in [5.74, 6) is -0.823. The molecular formula is C17H13FN4O3. The van der Waals surface area contributed by atoms with Crippen molar-refractivity contribution in [3.05, 3.63) is 81.8 Å². The summed E-state index contributed by atoms with van der Waals surface area (Å²) in [6.07, 6.45) is 1.35. The minimum Gasteiger partial charge on any atom is -0.348 e. The Morgan fingerprint density at radius 3 is 2.60 bits per heavy atom. The molecule has 126 valence electrons. The average Bonchev–Trinajstić information content (AvgIpc) is 3.10. The number of amides is 1. The molecule has 0 saturated heterocycles. The van der Waals surface area contributed by atoms with E-state index in [-0.39, 0.29) is 17.8 Å². The molecule has 2 N–H and O–H groups in total. The predicted octanol–water partition coefficient (Wildman–Crippen LogP) is 3.05. The van der Waals surface area contributed by atoms with Crippen molar-refractivity contribution in [3.8, 4) is 11.3 Å². The quantitative estimate of drug-likeness (QED) is 0.550. The molecule has 0 fully saturated rings. The average molecular weight is 340 g/mol. The van der Waals surface area contributed by atoms with E-state index in [9.17, 15) is 19.3 Å². The lowest BCUT2D eigenvalue weighted by Gasteiger charge is -2.07. The fourth-order valence-electron chi connectivity index (χ4n) is 2.34. The molecule has 0 aliphatic heterocycles. The van der Waals surface area contributed by atoms with Gasteiger partial charge in [-0.2, -0.15) is 5.10 Å². The van der Waals surface area contributed by atoms with Crippen LogP contribution in [0.2, 0.25) is 0 Å². The van der Waals surface area contributed by atoms with Gasteiger partial charge < -0.3 is 5.32 Å². The number of aromatic nitrogens is 2. The molecule has 1 amide bonds. The summed E-state index contributed by atoms with van der Waals surface area (Å²) in [5.41, 5.74) is 1.61. The molecule has 0 radical (unpaired) electrons. The Hall–Kier alpha value is -3.55. The summed E-state index contributed by atoms with van der Waals surface area (Å²) in [7, 11) is 0. The smallest absolute Gasteiger partial charge is 0.269 e. The Morgan fingerprint density at radius 2 is 1.92 bits per heavy atom. The number of hydrogen-bond acceptors (Lipinski definition) is 4. The number of non-ortho nitro benzene ring substituents is 1. The van der Waals surface area contributed by atoms with E-state index in [0.29, 0.717) is 16.8 Å². The molecule has 3 aromatic rings. The van der Waals surface area contributed by atoms with E-state index in [0.717, 1.165) is 0 Å². The molecule has 0 aliphatic rings. The first-order chi connectivity index (χ1) is 12.1. The van der Waals surface area contributed by atoms with Crippen molar-refractivity contribution < 1.29 is 14.1 Å². The molecule has 0 unspecified atom stereocenters. The third-order valence-corrected chi connectivity index (χ3v) is 3.65. The lowest BCUT2D eigenvalue weighted by molar-refractivity contribution is -0.384. The van der Waals surface area contributed by atoms with Gasteiger partial charge in [0.25, 0.3) is 11.6 Å². The molecule has 1 heterocycles. The highest BCUT2D eigenvalue weighted by Crippen LogP contribution is 2.23. The monoisotopic (exact) mass is 340 g/mol. The summed E-state index contributed by atoms with van der Waals surface area (Å²) >= 11 is 0. The van der Waals surface area contributed by atoms with Crippen LogP contribution in [0.5, 0.6) is 0 Å². The van der Waals surface area contributed by atoms with Gasteiger partial charge in [0.15, 0.2) is 0 Å². The van der Waals surface area contributed by atoms with Crippen molar-refractivity contribution in [1.29, 1.82) is 0 Å². The second-order valence-electron chi connectivity index (χ2n) is 5.24. The lowest BCUT2D eigenvalue weighted by atomic mass is 10.1. The largest absolute Gasteiger partial charge is 0.348 e. The van der Waals surface area contributed by atoms with Crippen LogP contribution in [0.15, 0.2) is 54.7 Å². The Bertz CT molecular complexity index is 922. The van der Waals surface area contributed by atoms with Crippen LogP contribution in [0.3, 0.4) is 0 Å². The van der Waals surface area contributed by atoms with Crippen LogP contribution in [0, 0.1) is 15.9 Å². The highest BCUT2D eigenvalue weighted by Gasteiger charge is 2.16. The third-order valence-electron chi connectivity index (χ3n) is 3.65. The summed E-state index contributed by atoms with van der Waals surface area (Å²) < 4.78 is 13.6. The van der Waals surface area contributed by atoms with Crippen LogP contribution in [0.1, 0.15) is 15.9 Å². The summed E-state index contributed by atoms with van der Waals surface area (Å²) in [6, 6.07) is 11.9. The zero-order valence-electron chi connectivity index (χ0n) is 12.9. The first kappa shape index (κ1) is 16.3. The number of nitro groups is 1. The van der Waals surface area contributed by atoms with E-state index in [1.807, 2.05) is 0 Å². The number of halogens is 1. The Balaban J connectivity index is 1.77. The number of benzene rings is 2. The first-order valence-electron chi connectivity index (χ1n) is 7.36. The van der Waals surface area contributed by atoms with Gasteiger partial charge in [-0.25, -0.2) is 4.39 Å². The van der Waals surface area contributed by atoms with Gasteiger partial charge in [-0.05, 0) is 18.2 Å². The normalized spacial score (nSPS) is 10.4. The highest BCUT2D eigenvalue weighted by molar-refractivity contribution is 5.99. The number of aromatic amines is 1. The van der Waals surface area contributed by atoms with Gasteiger partial charge in [-0.1, -0.05) is 18.2 Å². The van der Waals surface area contributed by atoms with Gasteiger partial charge >= 0.3 is 0 Å². The zero-order valence-corrected chi connectivity index (χ0v) is 12.9. The van der Waals surface area contributed by atoms with Gasteiger partial charge in [0.05, 0.1) is 22.4 Å². The second-order valence-corrected chi connectivity index (χ2v) is 5.24. The van der Waals surface area contributed by atoms with Gasteiger partial charge in [-0.15, -0.1) is 0 Å². The van der Waals surface area contributed by atoms with Crippen molar-refractivity contribution in [2.24, 2.45) is 0 Å². The van der Waals surface area contributed by atoms with Crippen LogP contribution in [0.25, 0.3) is 11.3 Å². The topological polar surface area (TPSA) is 101 Å². The molecule has 0 atom stereocenters. The Kier molecular flexibility index (Phi) is 4.51. The summed E-state index contributed by atoms with van der Waals surface area (Å²) in [4.78, 5) is 22.6.